The van der Waals surface area contributed by atoms with Gasteiger partial charge in [0.1, 0.15) is 0 Å². The molecule has 0 saturated heterocycles. The van der Waals surface area contributed by atoms with E-state index in [0.29, 0.717) is 5.03 Å². The first-order valence-corrected chi connectivity index (χ1v) is 5.06. The molecule has 0 aliphatic carbocycles. The van der Waals surface area contributed by atoms with Gasteiger partial charge in [-0.15, -0.1) is 12.6 Å². The highest BCUT2D eigenvalue weighted by molar-refractivity contribution is 7.80. The number of hydrogen-bond acceptors (Lipinski definition) is 3. The minimum absolute atomic E-state index is 0.00352. The van der Waals surface area contributed by atoms with Crippen molar-refractivity contribution in [3.05, 3.63) is 45.4 Å². The highest BCUT2D eigenvalue weighted by atomic mass is 32.1. The molecule has 0 fully saturated rings. The molecule has 1 heterocycles. The maximum Gasteiger partial charge on any atom is 0.312 e. The van der Waals surface area contributed by atoms with E-state index < -0.39 is 0 Å². The fraction of sp³-hybridized carbons (Fsp3) is 0. The molecule has 0 atom stereocenters. The molecular weight excluding hydrogens is 202 g/mol. The average Bonchev–Trinajstić information content (AvgIpc) is 2.48. The molecule has 2 aromatic rings. The lowest BCUT2D eigenvalue weighted by Gasteiger charge is -2.01. The number of nitrogens with zero attached hydrogens (tertiary/aromatic N) is 1. The Morgan fingerprint density at radius 3 is 2.46 bits per heavy atom. The van der Waals surface area contributed by atoms with Gasteiger partial charge in [-0.25, -0.2) is 0 Å². The lowest BCUT2D eigenvalue weighted by molar-refractivity contribution is 0.928. The van der Waals surface area contributed by atoms with Gasteiger partial charge in [-0.1, -0.05) is 29.5 Å². The highest BCUT2D eigenvalue weighted by Gasteiger charge is 2.03. The van der Waals surface area contributed by atoms with Gasteiger partial charge in [0.2, 0.25) is 0 Å². The molecule has 1 aromatic carbocycles. The lowest BCUT2D eigenvalue weighted by atomic mass is 10.3. The van der Waals surface area contributed by atoms with Crippen molar-refractivity contribution in [2.45, 2.75) is 5.03 Å². The van der Waals surface area contributed by atoms with Gasteiger partial charge >= 0.3 is 4.87 Å². The van der Waals surface area contributed by atoms with Crippen molar-refractivity contribution >= 4 is 24.0 Å². The zero-order chi connectivity index (χ0) is 9.26. The van der Waals surface area contributed by atoms with E-state index in [4.69, 9.17) is 0 Å². The van der Waals surface area contributed by atoms with Crippen LogP contribution in [0.4, 0.5) is 0 Å². The number of aromatic nitrogens is 1. The van der Waals surface area contributed by atoms with Crippen LogP contribution in [0.2, 0.25) is 0 Å². The summed E-state index contributed by atoms with van der Waals surface area (Å²) < 4.78 is 1.58. The van der Waals surface area contributed by atoms with E-state index in [9.17, 15) is 4.79 Å². The van der Waals surface area contributed by atoms with E-state index in [2.05, 4.69) is 12.6 Å². The lowest BCUT2D eigenvalue weighted by Crippen LogP contribution is -2.10. The molecule has 0 unspecified atom stereocenters. The third-order valence-corrected chi connectivity index (χ3v) is 2.92. The molecule has 0 spiro atoms. The summed E-state index contributed by atoms with van der Waals surface area (Å²) >= 11 is 5.36. The molecule has 0 radical (unpaired) electrons. The van der Waals surface area contributed by atoms with Crippen LogP contribution >= 0.6 is 24.0 Å². The largest absolute Gasteiger partial charge is 0.312 e. The van der Waals surface area contributed by atoms with E-state index in [1.807, 2.05) is 30.3 Å². The first-order chi connectivity index (χ1) is 6.29. The van der Waals surface area contributed by atoms with Gasteiger partial charge in [-0.2, -0.15) is 0 Å². The molecule has 2 rings (SSSR count). The van der Waals surface area contributed by atoms with Crippen molar-refractivity contribution in [2.75, 3.05) is 0 Å². The zero-order valence-corrected chi connectivity index (χ0v) is 8.39. The van der Waals surface area contributed by atoms with Crippen molar-refractivity contribution in [2.24, 2.45) is 0 Å². The molecule has 0 N–H and O–H groups in total. The summed E-state index contributed by atoms with van der Waals surface area (Å²) in [4.78, 5) is 11.4. The van der Waals surface area contributed by atoms with Crippen LogP contribution in [-0.2, 0) is 0 Å². The molecule has 66 valence electrons. The Morgan fingerprint density at radius 2 is 1.92 bits per heavy atom. The van der Waals surface area contributed by atoms with Crippen molar-refractivity contribution in [3.8, 4) is 5.69 Å². The number of thiol groups is 1. The molecule has 2 nitrogen and oxygen atoms in total. The fourth-order valence-corrected chi connectivity index (χ4v) is 2.17. The highest BCUT2D eigenvalue weighted by Crippen LogP contribution is 2.13. The van der Waals surface area contributed by atoms with Gasteiger partial charge < -0.3 is 0 Å². The normalized spacial score (nSPS) is 10.2. The second-order valence-corrected chi connectivity index (χ2v) is 3.81. The number of rotatable bonds is 1. The second kappa shape index (κ2) is 3.40. The topological polar surface area (TPSA) is 22.0 Å². The molecule has 0 aliphatic rings. The Balaban J connectivity index is 2.65. The van der Waals surface area contributed by atoms with Gasteiger partial charge in [0.15, 0.2) is 0 Å². The first-order valence-electron chi connectivity index (χ1n) is 3.74. The van der Waals surface area contributed by atoms with E-state index in [-0.39, 0.29) is 4.87 Å². The van der Waals surface area contributed by atoms with Crippen molar-refractivity contribution < 1.29 is 0 Å². The van der Waals surface area contributed by atoms with E-state index in [1.54, 1.807) is 9.95 Å². The Labute approximate surface area is 84.9 Å². The maximum absolute atomic E-state index is 11.4. The second-order valence-electron chi connectivity index (χ2n) is 2.53. The molecular formula is C9H7NOS2. The summed E-state index contributed by atoms with van der Waals surface area (Å²) in [6.45, 7) is 0. The molecule has 0 saturated carbocycles. The smallest absolute Gasteiger partial charge is 0.262 e. The predicted octanol–water partition coefficient (Wildman–Crippen LogP) is 2.19. The van der Waals surface area contributed by atoms with Gasteiger partial charge in [0.25, 0.3) is 0 Å². The van der Waals surface area contributed by atoms with Gasteiger partial charge in [-0.05, 0) is 12.1 Å². The minimum Gasteiger partial charge on any atom is -0.262 e. The first kappa shape index (κ1) is 8.59. The van der Waals surface area contributed by atoms with Crippen molar-refractivity contribution in [1.82, 2.24) is 4.57 Å². The Bertz CT molecular complexity index is 458. The van der Waals surface area contributed by atoms with E-state index >= 15 is 0 Å². The van der Waals surface area contributed by atoms with E-state index in [0.717, 1.165) is 17.0 Å². The van der Waals surface area contributed by atoms with Crippen LogP contribution in [0.3, 0.4) is 0 Å². The van der Waals surface area contributed by atoms with Gasteiger partial charge in [-0.3, -0.25) is 9.36 Å². The number of para-hydroxylation sites is 1. The fourth-order valence-electron chi connectivity index (χ4n) is 1.12. The van der Waals surface area contributed by atoms with Crippen molar-refractivity contribution in [3.63, 3.8) is 0 Å². The molecule has 0 bridgehead atoms. The van der Waals surface area contributed by atoms with Gasteiger partial charge in [0, 0.05) is 5.38 Å². The van der Waals surface area contributed by atoms with Crippen LogP contribution < -0.4 is 4.87 Å². The Hall–Kier alpha value is -1.00. The molecule has 1 aromatic heterocycles. The van der Waals surface area contributed by atoms with Crippen LogP contribution in [0.1, 0.15) is 0 Å². The van der Waals surface area contributed by atoms with Crippen LogP contribution in [0.25, 0.3) is 5.69 Å². The monoisotopic (exact) mass is 209 g/mol. The zero-order valence-electron chi connectivity index (χ0n) is 6.68. The predicted molar refractivity (Wildman–Crippen MR) is 57.2 cm³/mol. The molecule has 4 heteroatoms. The van der Waals surface area contributed by atoms with Crippen LogP contribution in [0, 0.1) is 0 Å². The molecule has 0 aliphatic heterocycles. The summed E-state index contributed by atoms with van der Waals surface area (Å²) in [5, 5.41) is 2.42. The summed E-state index contributed by atoms with van der Waals surface area (Å²) in [6, 6.07) is 9.47. The third kappa shape index (κ3) is 1.55. The number of thiazole rings is 1. The quantitative estimate of drug-likeness (QED) is 0.714. The number of benzene rings is 1. The average molecular weight is 209 g/mol. The molecule has 0 amide bonds. The number of hydrogen-bond donors (Lipinski definition) is 1. The third-order valence-electron chi connectivity index (χ3n) is 1.69. The van der Waals surface area contributed by atoms with Gasteiger partial charge in [0.05, 0.1) is 10.7 Å². The Kier molecular flexibility index (Phi) is 2.24. The summed E-state index contributed by atoms with van der Waals surface area (Å²) in [7, 11) is 0. The molecule has 13 heavy (non-hydrogen) atoms. The SMILES string of the molecule is O=c1scc(S)n1-c1ccccc1. The summed E-state index contributed by atoms with van der Waals surface area (Å²) in [5.41, 5.74) is 0.860. The van der Waals surface area contributed by atoms with Crippen LogP contribution in [-0.4, -0.2) is 4.57 Å². The standard InChI is InChI=1S/C9H7NOS2/c11-9-10(8(12)6-13-9)7-4-2-1-3-5-7/h1-6,12H. The van der Waals surface area contributed by atoms with E-state index in [1.165, 1.54) is 0 Å². The van der Waals surface area contributed by atoms with Crippen LogP contribution in [0.15, 0.2) is 45.5 Å². The minimum atomic E-state index is -0.00352. The summed E-state index contributed by atoms with van der Waals surface area (Å²) in [5.74, 6) is 0. The Morgan fingerprint density at radius 1 is 1.23 bits per heavy atom. The summed E-state index contributed by atoms with van der Waals surface area (Å²) in [6.07, 6.45) is 0. The maximum atomic E-state index is 11.4. The van der Waals surface area contributed by atoms with Crippen LogP contribution in [0.5, 0.6) is 0 Å². The van der Waals surface area contributed by atoms with Crippen molar-refractivity contribution in [1.29, 1.82) is 0 Å².